The first-order chi connectivity index (χ1) is 12.6. The van der Waals surface area contributed by atoms with Crippen molar-refractivity contribution in [3.05, 3.63) is 35.4 Å². The van der Waals surface area contributed by atoms with Gasteiger partial charge in [0, 0.05) is 32.0 Å². The number of benzene rings is 1. The van der Waals surface area contributed by atoms with E-state index in [0.29, 0.717) is 32.0 Å². The smallest absolute Gasteiger partial charge is 0.327 e. The van der Waals surface area contributed by atoms with Crippen LogP contribution in [0.5, 0.6) is 0 Å². The van der Waals surface area contributed by atoms with Crippen LogP contribution in [0.15, 0.2) is 24.3 Å². The summed E-state index contributed by atoms with van der Waals surface area (Å²) in [6.07, 6.45) is 5.75. The van der Waals surface area contributed by atoms with Crippen LogP contribution in [0.2, 0.25) is 0 Å². The molecule has 1 saturated carbocycles. The van der Waals surface area contributed by atoms with Gasteiger partial charge < -0.3 is 10.2 Å². The summed E-state index contributed by atoms with van der Waals surface area (Å²) in [5, 5.41) is 2.98. The Morgan fingerprint density at radius 3 is 2.62 bits per heavy atom. The van der Waals surface area contributed by atoms with Gasteiger partial charge in [-0.25, -0.2) is 4.79 Å². The van der Waals surface area contributed by atoms with Gasteiger partial charge in [0.05, 0.1) is 0 Å². The summed E-state index contributed by atoms with van der Waals surface area (Å²) in [6, 6.07) is 7.91. The molecule has 2 fully saturated rings. The van der Waals surface area contributed by atoms with Gasteiger partial charge in [-0.2, -0.15) is 0 Å². The van der Waals surface area contributed by atoms with Gasteiger partial charge in [-0.1, -0.05) is 30.7 Å². The molecule has 3 aliphatic rings. The third kappa shape index (κ3) is 3.45. The number of unbranched alkanes of at least 4 members (excludes halogenated alkanes) is 2. The largest absolute Gasteiger partial charge is 0.353 e. The Kier molecular flexibility index (Phi) is 4.66. The van der Waals surface area contributed by atoms with Gasteiger partial charge in [0.25, 0.3) is 5.91 Å². The molecule has 2 aliphatic heterocycles. The van der Waals surface area contributed by atoms with Crippen molar-refractivity contribution in [2.75, 3.05) is 6.54 Å². The molecule has 2 heterocycles. The van der Waals surface area contributed by atoms with Crippen molar-refractivity contribution in [1.82, 2.24) is 15.1 Å². The molecular formula is C20H25N3O3. The quantitative estimate of drug-likeness (QED) is 0.602. The first-order valence-electron chi connectivity index (χ1n) is 9.61. The molecule has 1 saturated heterocycles. The van der Waals surface area contributed by atoms with E-state index in [2.05, 4.69) is 5.32 Å². The first kappa shape index (κ1) is 17.1. The zero-order valence-corrected chi connectivity index (χ0v) is 14.9. The summed E-state index contributed by atoms with van der Waals surface area (Å²) in [5.41, 5.74) is 2.30. The number of urea groups is 1. The molecule has 1 aromatic carbocycles. The molecule has 1 atom stereocenters. The number of nitrogens with zero attached hydrogens (tertiary/aromatic N) is 2. The van der Waals surface area contributed by atoms with Gasteiger partial charge in [0.2, 0.25) is 5.91 Å². The second-order valence-corrected chi connectivity index (χ2v) is 7.54. The predicted octanol–water partition coefficient (Wildman–Crippen LogP) is 2.21. The van der Waals surface area contributed by atoms with Gasteiger partial charge in [0.1, 0.15) is 6.04 Å². The fraction of sp³-hybridized carbons (Fsp3) is 0.550. The highest BCUT2D eigenvalue weighted by Gasteiger charge is 2.46. The van der Waals surface area contributed by atoms with Crippen LogP contribution in [0.1, 0.15) is 49.7 Å². The number of fused-ring (bicyclic) bond motifs is 2. The number of carbonyl (C=O) groups is 3. The zero-order valence-electron chi connectivity index (χ0n) is 14.9. The summed E-state index contributed by atoms with van der Waals surface area (Å²) < 4.78 is 0. The lowest BCUT2D eigenvalue weighted by Crippen LogP contribution is -2.39. The lowest BCUT2D eigenvalue weighted by atomic mass is 9.95. The normalized spacial score (nSPS) is 21.6. The highest BCUT2D eigenvalue weighted by atomic mass is 16.2. The summed E-state index contributed by atoms with van der Waals surface area (Å²) in [4.78, 5) is 40.1. The molecule has 0 unspecified atom stereocenters. The van der Waals surface area contributed by atoms with E-state index >= 15 is 0 Å². The van der Waals surface area contributed by atoms with E-state index in [9.17, 15) is 14.4 Å². The Labute approximate surface area is 153 Å². The number of nitrogens with one attached hydrogen (secondary N) is 1. The predicted molar refractivity (Wildman–Crippen MR) is 96.2 cm³/mol. The zero-order chi connectivity index (χ0) is 18.1. The lowest BCUT2D eigenvalue weighted by molar-refractivity contribution is -0.128. The lowest BCUT2D eigenvalue weighted by Gasteiger charge is -2.28. The highest BCUT2D eigenvalue weighted by molar-refractivity contribution is 6.04. The van der Waals surface area contributed by atoms with Crippen LogP contribution < -0.4 is 5.32 Å². The maximum Gasteiger partial charge on any atom is 0.327 e. The molecule has 4 amide bonds. The van der Waals surface area contributed by atoms with Crippen LogP contribution in [0.4, 0.5) is 4.79 Å². The van der Waals surface area contributed by atoms with Gasteiger partial charge in [-0.15, -0.1) is 0 Å². The molecule has 6 nitrogen and oxygen atoms in total. The molecule has 6 heteroatoms. The molecule has 26 heavy (non-hydrogen) atoms. The highest BCUT2D eigenvalue weighted by Crippen LogP contribution is 2.30. The average Bonchev–Trinajstić information content (AvgIpc) is 3.42. The van der Waals surface area contributed by atoms with Crippen LogP contribution in [0, 0.1) is 0 Å². The Hall–Kier alpha value is -2.37. The Balaban J connectivity index is 1.25. The van der Waals surface area contributed by atoms with E-state index in [4.69, 9.17) is 0 Å². The monoisotopic (exact) mass is 355 g/mol. The number of carbonyl (C=O) groups excluding carboxylic acids is 3. The van der Waals surface area contributed by atoms with Gasteiger partial charge in [0.15, 0.2) is 0 Å². The number of hydrogen-bond acceptors (Lipinski definition) is 3. The van der Waals surface area contributed by atoms with E-state index in [1.54, 1.807) is 4.90 Å². The molecule has 1 aromatic rings. The van der Waals surface area contributed by atoms with E-state index < -0.39 is 0 Å². The summed E-state index contributed by atoms with van der Waals surface area (Å²) in [6.45, 7) is 0.967. The maximum atomic E-state index is 12.7. The number of hydrogen-bond donors (Lipinski definition) is 1. The van der Waals surface area contributed by atoms with Crippen molar-refractivity contribution in [3.8, 4) is 0 Å². The number of rotatable bonds is 7. The first-order valence-corrected chi connectivity index (χ1v) is 9.61. The average molecular weight is 355 g/mol. The summed E-state index contributed by atoms with van der Waals surface area (Å²) in [7, 11) is 0. The fourth-order valence-corrected chi connectivity index (χ4v) is 3.84. The second-order valence-electron chi connectivity index (χ2n) is 7.54. The molecular weight excluding hydrogens is 330 g/mol. The molecule has 4 rings (SSSR count). The Bertz CT molecular complexity index is 686. The van der Waals surface area contributed by atoms with Crippen LogP contribution in [-0.4, -0.2) is 46.3 Å². The van der Waals surface area contributed by atoms with Crippen molar-refractivity contribution in [2.45, 2.75) is 63.6 Å². The van der Waals surface area contributed by atoms with Crippen molar-refractivity contribution in [1.29, 1.82) is 0 Å². The van der Waals surface area contributed by atoms with Crippen molar-refractivity contribution < 1.29 is 14.4 Å². The molecule has 1 aliphatic carbocycles. The Morgan fingerprint density at radius 2 is 1.85 bits per heavy atom. The van der Waals surface area contributed by atoms with Crippen LogP contribution in [0.25, 0.3) is 0 Å². The second kappa shape index (κ2) is 7.09. The molecule has 0 bridgehead atoms. The van der Waals surface area contributed by atoms with Crippen molar-refractivity contribution in [2.24, 2.45) is 0 Å². The van der Waals surface area contributed by atoms with E-state index in [1.165, 1.54) is 10.5 Å². The standard InChI is InChI=1S/C20H25N3O3/c24-18(21-16-9-10-16)8-2-1-5-11-22-19(25)17-12-14-6-3-4-7-15(14)13-23(17)20(22)26/h3-4,6-7,16-17H,1-2,5,8-13H2,(H,21,24)/t17-/m0/s1. The number of amides is 4. The molecule has 1 N–H and O–H groups in total. The minimum atomic E-state index is -0.346. The van der Waals surface area contributed by atoms with E-state index in [0.717, 1.165) is 37.7 Å². The van der Waals surface area contributed by atoms with Crippen LogP contribution >= 0.6 is 0 Å². The van der Waals surface area contributed by atoms with Crippen LogP contribution in [0.3, 0.4) is 0 Å². The van der Waals surface area contributed by atoms with Gasteiger partial charge in [-0.05, 0) is 36.8 Å². The fourth-order valence-electron chi connectivity index (χ4n) is 3.84. The maximum absolute atomic E-state index is 12.7. The third-order valence-corrected chi connectivity index (χ3v) is 5.50. The van der Waals surface area contributed by atoms with Crippen molar-refractivity contribution in [3.63, 3.8) is 0 Å². The van der Waals surface area contributed by atoms with E-state index in [1.807, 2.05) is 24.3 Å². The van der Waals surface area contributed by atoms with Crippen molar-refractivity contribution >= 4 is 17.8 Å². The molecule has 0 aromatic heterocycles. The third-order valence-electron chi connectivity index (χ3n) is 5.50. The Morgan fingerprint density at radius 1 is 1.08 bits per heavy atom. The van der Waals surface area contributed by atoms with Gasteiger partial charge in [-0.3, -0.25) is 14.5 Å². The SMILES string of the molecule is O=C(CCCCCN1C(=O)[C@@H]2Cc3ccccc3CN2C1=O)NC1CC1. The molecule has 138 valence electrons. The number of imide groups is 1. The van der Waals surface area contributed by atoms with Gasteiger partial charge >= 0.3 is 6.03 Å². The molecule has 0 spiro atoms. The molecule has 0 radical (unpaired) electrons. The van der Waals surface area contributed by atoms with E-state index in [-0.39, 0.29) is 23.9 Å². The summed E-state index contributed by atoms with van der Waals surface area (Å²) in [5.74, 6) is 0.0479. The van der Waals surface area contributed by atoms with Crippen LogP contribution in [-0.2, 0) is 22.6 Å². The summed E-state index contributed by atoms with van der Waals surface area (Å²) >= 11 is 0. The topological polar surface area (TPSA) is 69.7 Å². The minimum Gasteiger partial charge on any atom is -0.353 e. The minimum absolute atomic E-state index is 0.0732.